The summed E-state index contributed by atoms with van der Waals surface area (Å²) in [5.41, 5.74) is 0. The molecule has 0 aromatic heterocycles. The van der Waals surface area contributed by atoms with Gasteiger partial charge in [0.2, 0.25) is 0 Å². The lowest BCUT2D eigenvalue weighted by Gasteiger charge is -2.11. The fourth-order valence-corrected chi connectivity index (χ4v) is 3.48. The molecule has 0 unspecified atom stereocenters. The van der Waals surface area contributed by atoms with Crippen LogP contribution in [0.1, 0.15) is 0 Å². The van der Waals surface area contributed by atoms with Gasteiger partial charge < -0.3 is 4.74 Å². The molecule has 6 heteroatoms. The summed E-state index contributed by atoms with van der Waals surface area (Å²) in [4.78, 5) is 0. The molecule has 0 atom stereocenters. The lowest BCUT2D eigenvalue weighted by Crippen LogP contribution is -1.88. The van der Waals surface area contributed by atoms with Crippen LogP contribution < -0.4 is 4.74 Å². The largest absolute Gasteiger partial charge is 0.455 e. The van der Waals surface area contributed by atoms with E-state index < -0.39 is 0 Å². The fourth-order valence-electron chi connectivity index (χ4n) is 1.29. The standard InChI is InChI=1S/C12H5Br5O/c13-6-4-8(15)12(17)10(5-6)18-9-3-1-2-7(14)11(9)16/h1-5H. The molecule has 94 valence electrons. The van der Waals surface area contributed by atoms with Gasteiger partial charge in [-0.3, -0.25) is 0 Å². The summed E-state index contributed by atoms with van der Waals surface area (Å²) in [7, 11) is 0. The van der Waals surface area contributed by atoms with Crippen molar-refractivity contribution in [1.82, 2.24) is 0 Å². The van der Waals surface area contributed by atoms with Crippen molar-refractivity contribution < 1.29 is 4.74 Å². The maximum atomic E-state index is 5.90. The van der Waals surface area contributed by atoms with E-state index in [0.717, 1.165) is 33.9 Å². The first-order chi connectivity index (χ1) is 8.49. The van der Waals surface area contributed by atoms with E-state index in [2.05, 4.69) is 79.6 Å². The van der Waals surface area contributed by atoms with Crippen LogP contribution in [0.15, 0.2) is 52.7 Å². The highest BCUT2D eigenvalue weighted by atomic mass is 79.9. The third-order valence-corrected chi connectivity index (χ3v) is 6.54. The molecule has 2 aromatic rings. The van der Waals surface area contributed by atoms with Gasteiger partial charge in [-0.2, -0.15) is 0 Å². The zero-order valence-electron chi connectivity index (χ0n) is 8.68. The Hall–Kier alpha value is 0.640. The Morgan fingerprint density at radius 1 is 0.722 bits per heavy atom. The SMILES string of the molecule is Brc1cc(Br)c(Br)c(Oc2cccc(Br)c2Br)c1. The van der Waals surface area contributed by atoms with Gasteiger partial charge in [-0.05, 0) is 88.0 Å². The molecular weight excluding hydrogens is 560 g/mol. The second kappa shape index (κ2) is 6.39. The Balaban J connectivity index is 2.43. The van der Waals surface area contributed by atoms with Crippen LogP contribution in [-0.2, 0) is 0 Å². The first-order valence-electron chi connectivity index (χ1n) is 4.75. The first kappa shape index (κ1) is 15.0. The lowest BCUT2D eigenvalue weighted by atomic mass is 10.3. The van der Waals surface area contributed by atoms with E-state index in [9.17, 15) is 0 Å². The second-order valence-electron chi connectivity index (χ2n) is 3.35. The zero-order chi connectivity index (χ0) is 13.3. The predicted molar refractivity (Wildman–Crippen MR) is 91.5 cm³/mol. The van der Waals surface area contributed by atoms with Crippen LogP contribution in [0.5, 0.6) is 11.5 Å². The molecule has 0 N–H and O–H groups in total. The molecule has 0 spiro atoms. The van der Waals surface area contributed by atoms with Crippen LogP contribution in [0.4, 0.5) is 0 Å². The molecule has 0 heterocycles. The van der Waals surface area contributed by atoms with E-state index in [4.69, 9.17) is 4.74 Å². The third kappa shape index (κ3) is 3.39. The van der Waals surface area contributed by atoms with Crippen molar-refractivity contribution in [3.63, 3.8) is 0 Å². The monoisotopic (exact) mass is 560 g/mol. The minimum absolute atomic E-state index is 0.732. The average Bonchev–Trinajstić information content (AvgIpc) is 2.31. The van der Waals surface area contributed by atoms with Crippen LogP contribution >= 0.6 is 79.6 Å². The van der Waals surface area contributed by atoms with Gasteiger partial charge in [-0.25, -0.2) is 0 Å². The van der Waals surface area contributed by atoms with Gasteiger partial charge in [0.05, 0.1) is 8.95 Å². The predicted octanol–water partition coefficient (Wildman–Crippen LogP) is 7.29. The van der Waals surface area contributed by atoms with E-state index in [-0.39, 0.29) is 0 Å². The quantitative estimate of drug-likeness (QED) is 0.348. The summed E-state index contributed by atoms with van der Waals surface area (Å²) in [5.74, 6) is 1.48. The Morgan fingerprint density at radius 2 is 1.39 bits per heavy atom. The van der Waals surface area contributed by atoms with Crippen LogP contribution in [0.2, 0.25) is 0 Å². The summed E-state index contributed by atoms with van der Waals surface area (Å²) >= 11 is 17.3. The minimum Gasteiger partial charge on any atom is -0.455 e. The molecule has 1 nitrogen and oxygen atoms in total. The molecule has 2 aromatic carbocycles. The number of hydrogen-bond acceptors (Lipinski definition) is 1. The van der Waals surface area contributed by atoms with Crippen molar-refractivity contribution in [1.29, 1.82) is 0 Å². The smallest absolute Gasteiger partial charge is 0.143 e. The molecule has 0 amide bonds. The molecule has 0 aliphatic rings. The van der Waals surface area contributed by atoms with Gasteiger partial charge in [0.25, 0.3) is 0 Å². The molecule has 0 saturated heterocycles. The molecule has 0 radical (unpaired) electrons. The number of hydrogen-bond donors (Lipinski definition) is 0. The van der Waals surface area contributed by atoms with E-state index in [0.29, 0.717) is 0 Å². The highest BCUT2D eigenvalue weighted by Crippen LogP contribution is 2.41. The highest BCUT2D eigenvalue weighted by molar-refractivity contribution is 9.13. The molecule has 0 aliphatic heterocycles. The number of halogens is 5. The molecule has 0 saturated carbocycles. The molecule has 0 bridgehead atoms. The molecule has 2 rings (SSSR count). The van der Waals surface area contributed by atoms with Crippen LogP contribution in [-0.4, -0.2) is 0 Å². The Morgan fingerprint density at radius 3 is 2.11 bits per heavy atom. The number of rotatable bonds is 2. The Kier molecular flexibility index (Phi) is 5.34. The Bertz CT molecular complexity index is 597. The highest BCUT2D eigenvalue weighted by Gasteiger charge is 2.11. The summed E-state index contributed by atoms with van der Waals surface area (Å²) in [6.45, 7) is 0. The minimum atomic E-state index is 0.732. The van der Waals surface area contributed by atoms with Gasteiger partial charge >= 0.3 is 0 Å². The maximum absolute atomic E-state index is 5.90. The molecular formula is C12H5Br5O. The van der Waals surface area contributed by atoms with Crippen molar-refractivity contribution in [2.24, 2.45) is 0 Å². The fraction of sp³-hybridized carbons (Fsp3) is 0. The summed E-state index contributed by atoms with van der Waals surface area (Å²) in [5, 5.41) is 0. The van der Waals surface area contributed by atoms with Gasteiger partial charge in [-0.1, -0.05) is 22.0 Å². The summed E-state index contributed by atoms with van der Waals surface area (Å²) in [6, 6.07) is 9.62. The normalized spacial score (nSPS) is 10.5. The second-order valence-corrected chi connectivity index (χ2v) is 7.56. The maximum Gasteiger partial charge on any atom is 0.143 e. The zero-order valence-corrected chi connectivity index (χ0v) is 16.6. The lowest BCUT2D eigenvalue weighted by molar-refractivity contribution is 0.475. The van der Waals surface area contributed by atoms with Crippen molar-refractivity contribution in [3.05, 3.63) is 52.7 Å². The Labute approximate surface area is 147 Å². The van der Waals surface area contributed by atoms with Crippen molar-refractivity contribution >= 4 is 79.6 Å². The van der Waals surface area contributed by atoms with Gasteiger partial charge in [0.15, 0.2) is 0 Å². The van der Waals surface area contributed by atoms with Crippen molar-refractivity contribution in [2.75, 3.05) is 0 Å². The van der Waals surface area contributed by atoms with Gasteiger partial charge in [-0.15, -0.1) is 0 Å². The number of benzene rings is 2. The van der Waals surface area contributed by atoms with Gasteiger partial charge in [0.1, 0.15) is 11.5 Å². The van der Waals surface area contributed by atoms with Gasteiger partial charge in [0, 0.05) is 13.4 Å². The van der Waals surface area contributed by atoms with E-state index >= 15 is 0 Å². The molecule has 0 aliphatic carbocycles. The van der Waals surface area contributed by atoms with Crippen LogP contribution in [0.25, 0.3) is 0 Å². The topological polar surface area (TPSA) is 9.23 Å². The van der Waals surface area contributed by atoms with Crippen molar-refractivity contribution in [3.8, 4) is 11.5 Å². The third-order valence-electron chi connectivity index (χ3n) is 2.10. The number of ether oxygens (including phenoxy) is 1. The summed E-state index contributed by atoms with van der Waals surface area (Å²) < 4.78 is 10.5. The average molecular weight is 565 g/mol. The van der Waals surface area contributed by atoms with Crippen LogP contribution in [0, 0.1) is 0 Å². The van der Waals surface area contributed by atoms with E-state index in [1.165, 1.54) is 0 Å². The van der Waals surface area contributed by atoms with Crippen LogP contribution in [0.3, 0.4) is 0 Å². The first-order valence-corrected chi connectivity index (χ1v) is 8.72. The van der Waals surface area contributed by atoms with Crippen molar-refractivity contribution in [2.45, 2.75) is 0 Å². The van der Waals surface area contributed by atoms with E-state index in [1.807, 2.05) is 30.3 Å². The summed E-state index contributed by atoms with van der Waals surface area (Å²) in [6.07, 6.45) is 0. The molecule has 0 fully saturated rings. The molecule has 18 heavy (non-hydrogen) atoms. The van der Waals surface area contributed by atoms with E-state index in [1.54, 1.807) is 0 Å².